The number of nitrogens with one attached hydrogen (secondary N) is 1. The van der Waals surface area contributed by atoms with Crippen LogP contribution in [0.2, 0.25) is 0 Å². The number of halogens is 2. The summed E-state index contributed by atoms with van der Waals surface area (Å²) in [6.07, 6.45) is 1.96. The molecule has 102 valence electrons. The van der Waals surface area contributed by atoms with Crippen molar-refractivity contribution in [3.8, 4) is 0 Å². The zero-order valence-electron chi connectivity index (χ0n) is 10.6. The molecule has 0 saturated carbocycles. The molecule has 6 heteroatoms. The van der Waals surface area contributed by atoms with Crippen molar-refractivity contribution in [2.24, 2.45) is 0 Å². The fourth-order valence-corrected chi connectivity index (χ4v) is 2.63. The van der Waals surface area contributed by atoms with Crippen molar-refractivity contribution in [3.63, 3.8) is 0 Å². The Balaban J connectivity index is 2.03. The molecule has 1 aromatic heterocycles. The van der Waals surface area contributed by atoms with E-state index >= 15 is 0 Å². The molecule has 0 fully saturated rings. The molecule has 0 bridgehead atoms. The van der Waals surface area contributed by atoms with Crippen LogP contribution >= 0.6 is 11.3 Å². The van der Waals surface area contributed by atoms with Gasteiger partial charge < -0.3 is 5.32 Å². The van der Waals surface area contributed by atoms with E-state index in [1.54, 1.807) is 0 Å². The van der Waals surface area contributed by atoms with Crippen LogP contribution in [0, 0.1) is 11.6 Å². The average Bonchev–Trinajstić information content (AvgIpc) is 2.82. The van der Waals surface area contributed by atoms with E-state index in [1.165, 1.54) is 29.5 Å². The summed E-state index contributed by atoms with van der Waals surface area (Å²) >= 11 is 1.41. The van der Waals surface area contributed by atoms with Gasteiger partial charge in [0.1, 0.15) is 21.6 Å². The number of rotatable bonds is 6. The molecule has 19 heavy (non-hydrogen) atoms. The van der Waals surface area contributed by atoms with Crippen LogP contribution in [-0.2, 0) is 12.8 Å². The zero-order valence-corrected chi connectivity index (χ0v) is 11.4. The monoisotopic (exact) mass is 283 g/mol. The molecule has 1 N–H and O–H groups in total. The molecular formula is C13H15F2N3S. The van der Waals surface area contributed by atoms with Crippen molar-refractivity contribution in [2.75, 3.05) is 13.6 Å². The Hall–Kier alpha value is -1.40. The van der Waals surface area contributed by atoms with Crippen molar-refractivity contribution in [1.82, 2.24) is 15.5 Å². The van der Waals surface area contributed by atoms with Gasteiger partial charge in [-0.2, -0.15) is 0 Å². The van der Waals surface area contributed by atoms with E-state index in [4.69, 9.17) is 0 Å². The minimum atomic E-state index is -0.535. The standard InChI is InChI=1S/C13H15F2N3S/c1-16-7-3-6-12-17-18-13(19-12)8-9-10(14)4-2-5-11(9)15/h2,4-5,16H,3,6-8H2,1H3. The van der Waals surface area contributed by atoms with Gasteiger partial charge >= 0.3 is 0 Å². The fraction of sp³-hybridized carbons (Fsp3) is 0.385. The maximum absolute atomic E-state index is 13.5. The van der Waals surface area contributed by atoms with E-state index in [9.17, 15) is 8.78 Å². The van der Waals surface area contributed by atoms with Crippen molar-refractivity contribution in [2.45, 2.75) is 19.3 Å². The van der Waals surface area contributed by atoms with Crippen LogP contribution in [-0.4, -0.2) is 23.8 Å². The Labute approximate surface area is 114 Å². The second-order valence-corrected chi connectivity index (χ2v) is 5.32. The Morgan fingerprint density at radius 3 is 2.53 bits per heavy atom. The molecule has 0 spiro atoms. The molecule has 2 aromatic rings. The highest BCUT2D eigenvalue weighted by Gasteiger charge is 2.12. The first-order valence-electron chi connectivity index (χ1n) is 6.09. The first-order valence-corrected chi connectivity index (χ1v) is 6.91. The molecule has 0 radical (unpaired) electrons. The summed E-state index contributed by atoms with van der Waals surface area (Å²) in [6.45, 7) is 0.914. The summed E-state index contributed by atoms with van der Waals surface area (Å²) in [5.41, 5.74) is 0.0559. The maximum Gasteiger partial charge on any atom is 0.129 e. The summed E-state index contributed by atoms with van der Waals surface area (Å²) in [6, 6.07) is 3.87. The predicted molar refractivity (Wildman–Crippen MR) is 71.3 cm³/mol. The van der Waals surface area contributed by atoms with Crippen LogP contribution in [0.15, 0.2) is 18.2 Å². The molecule has 0 aliphatic rings. The van der Waals surface area contributed by atoms with Gasteiger partial charge in [-0.25, -0.2) is 8.78 Å². The minimum Gasteiger partial charge on any atom is -0.320 e. The Morgan fingerprint density at radius 2 is 1.84 bits per heavy atom. The van der Waals surface area contributed by atoms with Crippen LogP contribution in [0.5, 0.6) is 0 Å². The number of hydrogen-bond donors (Lipinski definition) is 1. The molecule has 0 amide bonds. The van der Waals surface area contributed by atoms with Crippen LogP contribution in [0.1, 0.15) is 22.0 Å². The van der Waals surface area contributed by atoms with Crippen molar-refractivity contribution in [3.05, 3.63) is 45.4 Å². The third-order valence-electron chi connectivity index (χ3n) is 2.72. The van der Waals surface area contributed by atoms with Crippen LogP contribution in [0.3, 0.4) is 0 Å². The van der Waals surface area contributed by atoms with Gasteiger partial charge in [-0.15, -0.1) is 21.5 Å². The van der Waals surface area contributed by atoms with E-state index in [0.29, 0.717) is 5.01 Å². The first-order chi connectivity index (χ1) is 9.20. The molecule has 2 rings (SSSR count). The number of benzene rings is 1. The van der Waals surface area contributed by atoms with Crippen molar-refractivity contribution in [1.29, 1.82) is 0 Å². The van der Waals surface area contributed by atoms with E-state index in [-0.39, 0.29) is 12.0 Å². The fourth-order valence-electron chi connectivity index (χ4n) is 1.73. The quantitative estimate of drug-likeness (QED) is 0.828. The SMILES string of the molecule is CNCCCc1nnc(Cc2c(F)cccc2F)s1. The van der Waals surface area contributed by atoms with Crippen molar-refractivity contribution < 1.29 is 8.78 Å². The Kier molecular flexibility index (Phi) is 4.93. The number of aromatic nitrogens is 2. The second-order valence-electron chi connectivity index (χ2n) is 4.17. The lowest BCUT2D eigenvalue weighted by Crippen LogP contribution is -2.08. The predicted octanol–water partition coefficient (Wildman–Crippen LogP) is 2.56. The lowest BCUT2D eigenvalue weighted by Gasteiger charge is -2.01. The van der Waals surface area contributed by atoms with E-state index in [2.05, 4.69) is 15.5 Å². The van der Waals surface area contributed by atoms with Crippen LogP contribution < -0.4 is 5.32 Å². The van der Waals surface area contributed by atoms with Gasteiger partial charge in [-0.1, -0.05) is 6.07 Å². The lowest BCUT2D eigenvalue weighted by atomic mass is 10.1. The Morgan fingerprint density at radius 1 is 1.16 bits per heavy atom. The average molecular weight is 283 g/mol. The van der Waals surface area contributed by atoms with Gasteiger partial charge in [-0.05, 0) is 32.1 Å². The topological polar surface area (TPSA) is 37.8 Å². The second kappa shape index (κ2) is 6.68. The lowest BCUT2D eigenvalue weighted by molar-refractivity contribution is 0.561. The van der Waals surface area contributed by atoms with Crippen LogP contribution in [0.4, 0.5) is 8.78 Å². The molecule has 0 aliphatic carbocycles. The van der Waals surface area contributed by atoms with Gasteiger partial charge in [-0.3, -0.25) is 0 Å². The van der Waals surface area contributed by atoms with Gasteiger partial charge in [0.2, 0.25) is 0 Å². The van der Waals surface area contributed by atoms with Gasteiger partial charge in [0.25, 0.3) is 0 Å². The molecule has 1 heterocycles. The highest BCUT2D eigenvalue weighted by molar-refractivity contribution is 7.11. The molecule has 3 nitrogen and oxygen atoms in total. The van der Waals surface area contributed by atoms with Gasteiger partial charge in [0.15, 0.2) is 0 Å². The van der Waals surface area contributed by atoms with Crippen molar-refractivity contribution >= 4 is 11.3 Å². The third-order valence-corrected chi connectivity index (χ3v) is 3.70. The van der Waals surface area contributed by atoms with E-state index in [1.807, 2.05) is 7.05 Å². The summed E-state index contributed by atoms with van der Waals surface area (Å²) in [7, 11) is 1.90. The maximum atomic E-state index is 13.5. The molecule has 0 saturated heterocycles. The molecular weight excluding hydrogens is 268 g/mol. The highest BCUT2D eigenvalue weighted by atomic mass is 32.1. The Bertz CT molecular complexity index is 522. The summed E-state index contributed by atoms with van der Waals surface area (Å²) in [4.78, 5) is 0. The van der Waals surface area contributed by atoms with Crippen LogP contribution in [0.25, 0.3) is 0 Å². The molecule has 1 aromatic carbocycles. The first kappa shape index (κ1) is 14.0. The normalized spacial score (nSPS) is 10.9. The minimum absolute atomic E-state index is 0.0559. The van der Waals surface area contributed by atoms with Gasteiger partial charge in [0, 0.05) is 18.4 Å². The van der Waals surface area contributed by atoms with E-state index < -0.39 is 11.6 Å². The largest absolute Gasteiger partial charge is 0.320 e. The van der Waals surface area contributed by atoms with Gasteiger partial charge in [0.05, 0.1) is 0 Å². The summed E-state index contributed by atoms with van der Waals surface area (Å²) < 4.78 is 27.0. The summed E-state index contributed by atoms with van der Waals surface area (Å²) in [5, 5.41) is 12.6. The number of aryl methyl sites for hydroxylation is 1. The number of nitrogens with zero attached hydrogens (tertiary/aromatic N) is 2. The van der Waals surface area contributed by atoms with E-state index in [0.717, 1.165) is 24.4 Å². The molecule has 0 unspecified atom stereocenters. The summed E-state index contributed by atoms with van der Waals surface area (Å²) in [5.74, 6) is -1.07. The molecule has 0 atom stereocenters. The molecule has 0 aliphatic heterocycles. The number of hydrogen-bond acceptors (Lipinski definition) is 4. The smallest absolute Gasteiger partial charge is 0.129 e. The zero-order chi connectivity index (χ0) is 13.7. The highest BCUT2D eigenvalue weighted by Crippen LogP contribution is 2.19. The third kappa shape index (κ3) is 3.78.